The Kier molecular flexibility index (Phi) is 5.64. The summed E-state index contributed by atoms with van der Waals surface area (Å²) in [6, 6.07) is 0.339. The molecule has 1 aliphatic carbocycles. The summed E-state index contributed by atoms with van der Waals surface area (Å²) < 4.78 is 5.64. The number of hydrogen-bond donors (Lipinski definition) is 1. The molecule has 0 radical (unpaired) electrons. The van der Waals surface area contributed by atoms with Crippen LogP contribution in [0.2, 0.25) is 0 Å². The lowest BCUT2D eigenvalue weighted by Crippen LogP contribution is -2.47. The van der Waals surface area contributed by atoms with Gasteiger partial charge < -0.3 is 14.7 Å². The zero-order chi connectivity index (χ0) is 13.7. The number of carbonyl (C=O) groups excluding carboxylic acids is 1. The first-order valence-electron chi connectivity index (χ1n) is 7.80. The number of aliphatic hydroxyl groups is 1. The van der Waals surface area contributed by atoms with Crippen LogP contribution in [-0.2, 0) is 9.53 Å². The van der Waals surface area contributed by atoms with Crippen LogP contribution in [-0.4, -0.2) is 47.8 Å². The fraction of sp³-hybridized carbons (Fsp3) is 0.933. The average molecular weight is 269 g/mol. The van der Waals surface area contributed by atoms with Gasteiger partial charge in [0.2, 0.25) is 5.91 Å². The summed E-state index contributed by atoms with van der Waals surface area (Å²) in [5, 5.41) is 9.26. The van der Waals surface area contributed by atoms with Crippen molar-refractivity contribution in [2.75, 3.05) is 19.8 Å². The molecule has 2 atom stereocenters. The lowest BCUT2D eigenvalue weighted by molar-refractivity contribution is -0.141. The van der Waals surface area contributed by atoms with E-state index in [0.717, 1.165) is 25.7 Å². The summed E-state index contributed by atoms with van der Waals surface area (Å²) in [6.45, 7) is 3.32. The van der Waals surface area contributed by atoms with Gasteiger partial charge >= 0.3 is 0 Å². The van der Waals surface area contributed by atoms with Crippen molar-refractivity contribution in [3.05, 3.63) is 0 Å². The molecule has 0 bridgehead atoms. The molecule has 1 N–H and O–H groups in total. The summed E-state index contributed by atoms with van der Waals surface area (Å²) in [6.07, 6.45) is 7.70. The van der Waals surface area contributed by atoms with Crippen LogP contribution in [0.5, 0.6) is 0 Å². The van der Waals surface area contributed by atoms with E-state index in [1.165, 1.54) is 19.3 Å². The molecular formula is C15H27NO3. The Bertz CT molecular complexity index is 289. The first-order valence-corrected chi connectivity index (χ1v) is 7.80. The molecule has 19 heavy (non-hydrogen) atoms. The molecule has 2 rings (SSSR count). The molecule has 0 aromatic rings. The van der Waals surface area contributed by atoms with Gasteiger partial charge in [-0.25, -0.2) is 0 Å². The molecular weight excluding hydrogens is 242 g/mol. The molecule has 2 unspecified atom stereocenters. The number of ether oxygens (including phenoxy) is 1. The predicted octanol–water partition coefficient (Wildman–Crippen LogP) is 1.96. The normalized spacial score (nSPS) is 28.5. The minimum Gasteiger partial charge on any atom is -0.395 e. The van der Waals surface area contributed by atoms with E-state index < -0.39 is 0 Å². The van der Waals surface area contributed by atoms with Gasteiger partial charge in [-0.1, -0.05) is 26.2 Å². The Labute approximate surface area is 116 Å². The maximum atomic E-state index is 12.7. The second kappa shape index (κ2) is 7.25. The maximum Gasteiger partial charge on any atom is 0.228 e. The van der Waals surface area contributed by atoms with Crippen molar-refractivity contribution in [2.24, 2.45) is 5.92 Å². The van der Waals surface area contributed by atoms with Crippen LogP contribution in [0.1, 0.15) is 51.9 Å². The largest absolute Gasteiger partial charge is 0.395 e. The van der Waals surface area contributed by atoms with Crippen LogP contribution in [0, 0.1) is 5.92 Å². The van der Waals surface area contributed by atoms with Crippen LogP contribution in [0.4, 0.5) is 0 Å². The lowest BCUT2D eigenvalue weighted by Gasteiger charge is -2.36. The fourth-order valence-electron chi connectivity index (χ4n) is 3.52. The zero-order valence-corrected chi connectivity index (χ0v) is 12.0. The summed E-state index contributed by atoms with van der Waals surface area (Å²) in [4.78, 5) is 14.7. The highest BCUT2D eigenvalue weighted by Crippen LogP contribution is 2.29. The Morgan fingerprint density at radius 3 is 2.63 bits per heavy atom. The van der Waals surface area contributed by atoms with E-state index >= 15 is 0 Å². The van der Waals surface area contributed by atoms with Gasteiger partial charge in [0.1, 0.15) is 0 Å². The molecule has 0 aromatic heterocycles. The minimum atomic E-state index is 0.0125. The van der Waals surface area contributed by atoms with Gasteiger partial charge in [0.05, 0.1) is 18.6 Å². The summed E-state index contributed by atoms with van der Waals surface area (Å²) in [5.74, 6) is 0.226. The molecule has 1 aliphatic heterocycles. The van der Waals surface area contributed by atoms with Crippen molar-refractivity contribution < 1.29 is 14.6 Å². The van der Waals surface area contributed by atoms with E-state index in [1.54, 1.807) is 0 Å². The first-order chi connectivity index (χ1) is 9.27. The van der Waals surface area contributed by atoms with Crippen LogP contribution in [0.3, 0.4) is 0 Å². The Hall–Kier alpha value is -0.610. The molecule has 0 spiro atoms. The van der Waals surface area contributed by atoms with Crippen LogP contribution >= 0.6 is 0 Å². The molecule has 2 fully saturated rings. The zero-order valence-electron chi connectivity index (χ0n) is 12.0. The van der Waals surface area contributed by atoms with Gasteiger partial charge in [0.25, 0.3) is 0 Å². The smallest absolute Gasteiger partial charge is 0.228 e. The quantitative estimate of drug-likeness (QED) is 0.830. The van der Waals surface area contributed by atoms with Gasteiger partial charge in [-0.2, -0.15) is 0 Å². The standard InChI is InChI=1S/C15H27NO3/c1-2-14-13(8-11-19-14)15(18)16(9-10-17)12-6-4-3-5-7-12/h12-14,17H,2-11H2,1H3. The second-order valence-corrected chi connectivity index (χ2v) is 5.76. The number of nitrogens with zero attached hydrogens (tertiary/aromatic N) is 1. The van der Waals surface area contributed by atoms with E-state index in [9.17, 15) is 9.90 Å². The van der Waals surface area contributed by atoms with Crippen molar-refractivity contribution in [1.82, 2.24) is 4.90 Å². The summed E-state index contributed by atoms with van der Waals surface area (Å²) >= 11 is 0. The lowest BCUT2D eigenvalue weighted by atomic mass is 9.91. The average Bonchev–Trinajstić information content (AvgIpc) is 2.93. The van der Waals surface area contributed by atoms with E-state index in [0.29, 0.717) is 19.2 Å². The Morgan fingerprint density at radius 2 is 2.00 bits per heavy atom. The van der Waals surface area contributed by atoms with Crippen molar-refractivity contribution in [3.63, 3.8) is 0 Å². The molecule has 1 saturated carbocycles. The van der Waals surface area contributed by atoms with Crippen LogP contribution in [0.15, 0.2) is 0 Å². The molecule has 4 nitrogen and oxygen atoms in total. The van der Waals surface area contributed by atoms with E-state index in [2.05, 4.69) is 6.92 Å². The maximum absolute atomic E-state index is 12.7. The van der Waals surface area contributed by atoms with Gasteiger partial charge in [-0.3, -0.25) is 4.79 Å². The predicted molar refractivity (Wildman–Crippen MR) is 73.8 cm³/mol. The number of carbonyl (C=O) groups is 1. The molecule has 1 amide bonds. The second-order valence-electron chi connectivity index (χ2n) is 5.76. The molecule has 2 aliphatic rings. The highest BCUT2D eigenvalue weighted by molar-refractivity contribution is 5.80. The van der Waals surface area contributed by atoms with E-state index in [1.807, 2.05) is 4.90 Å². The van der Waals surface area contributed by atoms with Gasteiger partial charge in [0.15, 0.2) is 0 Å². The third-order valence-corrected chi connectivity index (χ3v) is 4.57. The Balaban J connectivity index is 2.02. The number of aliphatic hydroxyl groups excluding tert-OH is 1. The fourth-order valence-corrected chi connectivity index (χ4v) is 3.52. The van der Waals surface area contributed by atoms with Gasteiger partial charge in [-0.05, 0) is 25.7 Å². The van der Waals surface area contributed by atoms with Crippen molar-refractivity contribution in [2.45, 2.75) is 64.0 Å². The van der Waals surface area contributed by atoms with E-state index in [-0.39, 0.29) is 24.5 Å². The summed E-state index contributed by atoms with van der Waals surface area (Å²) in [7, 11) is 0. The van der Waals surface area contributed by atoms with E-state index in [4.69, 9.17) is 4.74 Å². The molecule has 4 heteroatoms. The van der Waals surface area contributed by atoms with Crippen molar-refractivity contribution >= 4 is 5.91 Å². The number of rotatable bonds is 5. The highest BCUT2D eigenvalue weighted by Gasteiger charge is 2.37. The highest BCUT2D eigenvalue weighted by atomic mass is 16.5. The monoisotopic (exact) mass is 269 g/mol. The van der Waals surface area contributed by atoms with Crippen molar-refractivity contribution in [3.8, 4) is 0 Å². The van der Waals surface area contributed by atoms with Crippen molar-refractivity contribution in [1.29, 1.82) is 0 Å². The molecule has 0 aromatic carbocycles. The summed E-state index contributed by atoms with van der Waals surface area (Å²) in [5.41, 5.74) is 0. The van der Waals surface area contributed by atoms with Gasteiger partial charge in [0, 0.05) is 19.2 Å². The first kappa shape index (κ1) is 14.8. The number of hydrogen-bond acceptors (Lipinski definition) is 3. The third-order valence-electron chi connectivity index (χ3n) is 4.57. The molecule has 1 heterocycles. The molecule has 1 saturated heterocycles. The Morgan fingerprint density at radius 1 is 1.26 bits per heavy atom. The minimum absolute atomic E-state index is 0.0125. The van der Waals surface area contributed by atoms with Gasteiger partial charge in [-0.15, -0.1) is 0 Å². The SMILES string of the molecule is CCC1OCCC1C(=O)N(CCO)C1CCCCC1. The number of amides is 1. The topological polar surface area (TPSA) is 49.8 Å². The van der Waals surface area contributed by atoms with Crippen LogP contribution in [0.25, 0.3) is 0 Å². The third kappa shape index (κ3) is 3.48. The molecule has 110 valence electrons. The van der Waals surface area contributed by atoms with Crippen LogP contribution < -0.4 is 0 Å².